The third kappa shape index (κ3) is 11.1. The summed E-state index contributed by atoms with van der Waals surface area (Å²) in [6, 6.07) is -1.16. The van der Waals surface area contributed by atoms with Gasteiger partial charge >= 0.3 is 0 Å². The first-order valence-electron chi connectivity index (χ1n) is 15.6. The van der Waals surface area contributed by atoms with Crippen molar-refractivity contribution in [2.75, 3.05) is 32.9 Å². The van der Waals surface area contributed by atoms with Gasteiger partial charge in [0, 0.05) is 45.4 Å². The number of unbranched alkanes of at least 4 members (excludes halogenated alkanes) is 4. The van der Waals surface area contributed by atoms with Crippen molar-refractivity contribution in [1.29, 1.82) is 0 Å². The molecule has 2 aliphatic heterocycles. The summed E-state index contributed by atoms with van der Waals surface area (Å²) >= 11 is 0. The van der Waals surface area contributed by atoms with Crippen molar-refractivity contribution in [3.05, 3.63) is 12.7 Å². The number of hydrogen-bond donors (Lipinski definition) is 6. The maximum absolute atomic E-state index is 12.7. The van der Waals surface area contributed by atoms with Crippen LogP contribution in [-0.2, 0) is 28.6 Å². The molecule has 3 aliphatic rings. The lowest BCUT2D eigenvalue weighted by Crippen LogP contribution is -2.64. The first-order chi connectivity index (χ1) is 20.7. The Labute approximate surface area is 253 Å². The quantitative estimate of drug-likeness (QED) is 0.0837. The highest BCUT2D eigenvalue weighted by Crippen LogP contribution is 2.37. The summed E-state index contributed by atoms with van der Waals surface area (Å²) in [6.45, 7) is 5.83. The number of aliphatic hydroxyl groups excluding tert-OH is 4. The number of likely N-dealkylation sites (tertiary alicyclic amines) is 1. The molecular formula is C30H51N3O10. The van der Waals surface area contributed by atoms with E-state index in [0.29, 0.717) is 57.5 Å². The number of nitrogens with one attached hydrogen (secondary N) is 2. The molecule has 0 radical (unpaired) electrons. The Morgan fingerprint density at radius 1 is 1.00 bits per heavy atom. The number of aliphatic hydroxyl groups is 4. The van der Waals surface area contributed by atoms with Crippen molar-refractivity contribution in [3.8, 4) is 0 Å². The smallest absolute Gasteiger partial charge is 0.222 e. The van der Waals surface area contributed by atoms with Crippen molar-refractivity contribution in [2.24, 2.45) is 5.92 Å². The molecule has 7 unspecified atom stereocenters. The molecule has 6 N–H and O–H groups in total. The van der Waals surface area contributed by atoms with Crippen LogP contribution in [0.5, 0.6) is 0 Å². The first-order valence-corrected chi connectivity index (χ1v) is 15.6. The molecule has 2 saturated heterocycles. The van der Waals surface area contributed by atoms with Crippen molar-refractivity contribution in [3.63, 3.8) is 0 Å². The highest BCUT2D eigenvalue weighted by Gasteiger charge is 2.45. The van der Waals surface area contributed by atoms with Gasteiger partial charge in [-0.3, -0.25) is 14.4 Å². The van der Waals surface area contributed by atoms with E-state index in [0.717, 1.165) is 25.7 Å². The van der Waals surface area contributed by atoms with Crippen LogP contribution in [0.3, 0.4) is 0 Å². The highest BCUT2D eigenvalue weighted by molar-refractivity contribution is 5.77. The van der Waals surface area contributed by atoms with Gasteiger partial charge in [-0.2, -0.15) is 0 Å². The number of ether oxygens (including phenoxy) is 3. The summed E-state index contributed by atoms with van der Waals surface area (Å²) in [4.78, 5) is 38.1. The molecule has 1 aliphatic carbocycles. The molecule has 1 saturated carbocycles. The lowest BCUT2D eigenvalue weighted by Gasteiger charge is -2.42. The largest absolute Gasteiger partial charge is 0.394 e. The molecule has 3 rings (SSSR count). The summed E-state index contributed by atoms with van der Waals surface area (Å²) < 4.78 is 17.3. The van der Waals surface area contributed by atoms with Gasteiger partial charge in [0.2, 0.25) is 17.7 Å². The molecular weight excluding hydrogens is 562 g/mol. The Bertz CT molecular complexity index is 907. The normalized spacial score (nSPS) is 31.9. The molecule has 0 aromatic carbocycles. The predicted octanol–water partition coefficient (Wildman–Crippen LogP) is -0.263. The van der Waals surface area contributed by atoms with E-state index in [4.69, 9.17) is 14.2 Å². The van der Waals surface area contributed by atoms with Gasteiger partial charge in [-0.05, 0) is 38.5 Å². The molecule has 246 valence electrons. The minimum atomic E-state index is -1.36. The summed E-state index contributed by atoms with van der Waals surface area (Å²) in [5.74, 6) is -0.00795. The van der Waals surface area contributed by atoms with Crippen LogP contribution in [0.25, 0.3) is 0 Å². The third-order valence-corrected chi connectivity index (χ3v) is 8.33. The molecule has 3 fully saturated rings. The lowest BCUT2D eigenvalue weighted by molar-refractivity contribution is -0.270. The van der Waals surface area contributed by atoms with E-state index in [-0.39, 0.29) is 43.3 Å². The van der Waals surface area contributed by atoms with Gasteiger partial charge in [-0.25, -0.2) is 0 Å². The number of rotatable bonds is 19. The number of carbonyl (C=O) groups excluding carboxylic acids is 3. The summed E-state index contributed by atoms with van der Waals surface area (Å²) in [6.07, 6.45) is 4.06. The van der Waals surface area contributed by atoms with Crippen molar-refractivity contribution < 1.29 is 49.0 Å². The van der Waals surface area contributed by atoms with Crippen LogP contribution >= 0.6 is 0 Å². The lowest BCUT2D eigenvalue weighted by atomic mass is 9.97. The molecule has 2 heterocycles. The Kier molecular flexibility index (Phi) is 14.8. The molecule has 3 amide bonds. The molecule has 0 spiro atoms. The molecule has 0 bridgehead atoms. The molecule has 43 heavy (non-hydrogen) atoms. The van der Waals surface area contributed by atoms with E-state index < -0.39 is 43.2 Å². The van der Waals surface area contributed by atoms with Crippen LogP contribution in [0.15, 0.2) is 12.7 Å². The SMILES string of the molecule is C=CC1CC1O[C@@H]1C[C@@H](CO)N(C(=O)CCCCCNC(=O)CCCCCOC2OC(CO)C(O)C(O)C2NC(C)=O)C1. The van der Waals surface area contributed by atoms with Crippen LogP contribution in [0, 0.1) is 5.92 Å². The minimum absolute atomic E-state index is 0.0317. The van der Waals surface area contributed by atoms with E-state index in [1.54, 1.807) is 4.90 Å². The van der Waals surface area contributed by atoms with Crippen LogP contribution in [0.4, 0.5) is 0 Å². The second-order valence-electron chi connectivity index (χ2n) is 11.8. The van der Waals surface area contributed by atoms with Crippen molar-refractivity contribution in [1.82, 2.24) is 15.5 Å². The zero-order valence-electron chi connectivity index (χ0n) is 25.3. The fourth-order valence-corrected chi connectivity index (χ4v) is 5.71. The van der Waals surface area contributed by atoms with Crippen molar-refractivity contribution in [2.45, 2.75) is 120 Å². The van der Waals surface area contributed by atoms with Gasteiger partial charge in [-0.1, -0.05) is 18.9 Å². The second-order valence-corrected chi connectivity index (χ2v) is 11.8. The maximum Gasteiger partial charge on any atom is 0.222 e. The van der Waals surface area contributed by atoms with E-state index >= 15 is 0 Å². The Morgan fingerprint density at radius 2 is 1.74 bits per heavy atom. The fourth-order valence-electron chi connectivity index (χ4n) is 5.71. The zero-order chi connectivity index (χ0) is 31.4. The standard InChI is InChI=1S/C30H51N3O10/c1-3-20-14-23(20)42-22-15-21(17-34)33(16-22)26(38)11-7-4-8-12-31-25(37)10-6-5-9-13-41-30-27(32-19(2)36)29(40)28(39)24(18-35)43-30/h3,20-24,27-30,34-35,39-40H,1,4-18H2,2H3,(H,31,37)(H,32,36)/t20?,21-,22+,23?,24?,27?,28?,29?,30?/m0/s1. The summed E-state index contributed by atoms with van der Waals surface area (Å²) in [5, 5.41) is 44.9. The summed E-state index contributed by atoms with van der Waals surface area (Å²) in [7, 11) is 0. The van der Waals surface area contributed by atoms with Gasteiger partial charge in [0.15, 0.2) is 6.29 Å². The zero-order valence-corrected chi connectivity index (χ0v) is 25.3. The molecule has 0 aromatic rings. The van der Waals surface area contributed by atoms with E-state index in [1.807, 2.05) is 6.08 Å². The minimum Gasteiger partial charge on any atom is -0.394 e. The molecule has 13 heteroatoms. The molecule has 13 nitrogen and oxygen atoms in total. The highest BCUT2D eigenvalue weighted by atomic mass is 16.7. The Morgan fingerprint density at radius 3 is 2.42 bits per heavy atom. The van der Waals surface area contributed by atoms with Crippen LogP contribution in [0.2, 0.25) is 0 Å². The Hall–Kier alpha value is -2.13. The molecule has 9 atom stereocenters. The van der Waals surface area contributed by atoms with E-state index in [9.17, 15) is 34.8 Å². The molecule has 0 aromatic heterocycles. The average Bonchev–Trinajstić information content (AvgIpc) is 3.61. The van der Waals surface area contributed by atoms with E-state index in [2.05, 4.69) is 17.2 Å². The topological polar surface area (TPSA) is 187 Å². The predicted molar refractivity (Wildman–Crippen MR) is 155 cm³/mol. The van der Waals surface area contributed by atoms with Crippen LogP contribution in [-0.4, -0.2) is 125 Å². The van der Waals surface area contributed by atoms with Crippen LogP contribution in [0.1, 0.15) is 71.1 Å². The fraction of sp³-hybridized carbons (Fsp3) is 0.833. The first kappa shape index (κ1) is 35.4. The van der Waals surface area contributed by atoms with Gasteiger partial charge in [0.1, 0.15) is 24.4 Å². The second kappa shape index (κ2) is 18.0. The number of hydrogen-bond acceptors (Lipinski definition) is 10. The number of amides is 3. The number of nitrogens with zero attached hydrogens (tertiary/aromatic N) is 1. The average molecular weight is 614 g/mol. The van der Waals surface area contributed by atoms with Crippen LogP contribution < -0.4 is 10.6 Å². The summed E-state index contributed by atoms with van der Waals surface area (Å²) in [5.41, 5.74) is 0. The number of carbonyl (C=O) groups is 3. The third-order valence-electron chi connectivity index (χ3n) is 8.33. The van der Waals surface area contributed by atoms with Gasteiger partial charge in [-0.15, -0.1) is 6.58 Å². The maximum atomic E-state index is 12.7. The van der Waals surface area contributed by atoms with Gasteiger partial charge < -0.3 is 50.2 Å². The van der Waals surface area contributed by atoms with E-state index in [1.165, 1.54) is 6.92 Å². The van der Waals surface area contributed by atoms with Gasteiger partial charge in [0.05, 0.1) is 31.5 Å². The van der Waals surface area contributed by atoms with Crippen molar-refractivity contribution >= 4 is 17.7 Å². The monoisotopic (exact) mass is 613 g/mol. The van der Waals surface area contributed by atoms with Gasteiger partial charge in [0.25, 0.3) is 0 Å². The Balaban J connectivity index is 1.20.